The molecule has 0 spiro atoms. The Kier molecular flexibility index (Phi) is 13.1. The summed E-state index contributed by atoms with van der Waals surface area (Å²) in [7, 11) is 0. The molecule has 148 valence electrons. The first kappa shape index (κ1) is 26.3. The maximum Gasteiger partial charge on any atom is 0.0594 e. The predicted octanol–water partition coefficient (Wildman–Crippen LogP) is 5.21. The van der Waals surface area contributed by atoms with Gasteiger partial charge in [-0.05, 0) is 31.7 Å². The van der Waals surface area contributed by atoms with E-state index in [1.807, 2.05) is 6.07 Å². The highest BCUT2D eigenvalue weighted by Crippen LogP contribution is 2.15. The summed E-state index contributed by atoms with van der Waals surface area (Å²) in [6, 6.07) is 10.5. The first-order chi connectivity index (χ1) is 10.7. The van der Waals surface area contributed by atoms with Gasteiger partial charge in [-0.2, -0.15) is 0 Å². The van der Waals surface area contributed by atoms with Crippen molar-refractivity contribution in [2.75, 3.05) is 32.8 Å². The van der Waals surface area contributed by atoms with Crippen LogP contribution in [0.3, 0.4) is 0 Å². The molecular formula is C22H44N2O. The molecule has 1 saturated heterocycles. The van der Waals surface area contributed by atoms with Crippen molar-refractivity contribution in [2.45, 2.75) is 68.5 Å². The Hall–Kier alpha value is -0.900. The third-order valence-electron chi connectivity index (χ3n) is 3.47. The predicted molar refractivity (Wildman–Crippen MR) is 113 cm³/mol. The number of benzene rings is 1. The van der Waals surface area contributed by atoms with Gasteiger partial charge >= 0.3 is 0 Å². The largest absolute Gasteiger partial charge is 0.379 e. The lowest BCUT2D eigenvalue weighted by molar-refractivity contribution is 0.0236. The molecule has 3 heteroatoms. The van der Waals surface area contributed by atoms with E-state index in [0.29, 0.717) is 5.41 Å². The lowest BCUT2D eigenvalue weighted by Gasteiger charge is -2.32. The van der Waals surface area contributed by atoms with E-state index < -0.39 is 0 Å². The fourth-order valence-corrected chi connectivity index (χ4v) is 2.39. The molecule has 0 atom stereocenters. The lowest BCUT2D eigenvalue weighted by atomic mass is 9.96. The van der Waals surface area contributed by atoms with Crippen molar-refractivity contribution in [1.29, 1.82) is 0 Å². The van der Waals surface area contributed by atoms with Gasteiger partial charge in [-0.3, -0.25) is 4.90 Å². The highest BCUT2D eigenvalue weighted by molar-refractivity contribution is 5.14. The van der Waals surface area contributed by atoms with Crippen LogP contribution >= 0.6 is 0 Å². The number of ether oxygens (including phenoxy) is 1. The highest BCUT2D eigenvalue weighted by atomic mass is 16.5. The normalized spacial score (nSPS) is 15.3. The minimum absolute atomic E-state index is 0. The van der Waals surface area contributed by atoms with Crippen LogP contribution in [0, 0.1) is 5.41 Å². The van der Waals surface area contributed by atoms with Crippen molar-refractivity contribution in [3.8, 4) is 0 Å². The molecule has 1 N–H and O–H groups in total. The zero-order chi connectivity index (χ0) is 17.3. The lowest BCUT2D eigenvalue weighted by Crippen LogP contribution is -2.41. The van der Waals surface area contributed by atoms with Crippen molar-refractivity contribution in [3.63, 3.8) is 0 Å². The first-order valence-corrected chi connectivity index (χ1v) is 8.75. The van der Waals surface area contributed by atoms with Gasteiger partial charge in [-0.25, -0.2) is 0 Å². The summed E-state index contributed by atoms with van der Waals surface area (Å²) >= 11 is 0. The molecule has 0 saturated carbocycles. The Balaban J connectivity index is 0. The quantitative estimate of drug-likeness (QED) is 0.808. The van der Waals surface area contributed by atoms with Crippen molar-refractivity contribution < 1.29 is 4.74 Å². The van der Waals surface area contributed by atoms with Crippen LogP contribution in [0.2, 0.25) is 0 Å². The molecule has 1 aromatic rings. The average molecular weight is 353 g/mol. The standard InChI is InChI=1S/C11H17N.C9H19NO.2CH4/c1-11(2,3)12-9-10-7-5-4-6-8-10;1-9(2,3)8-10-4-6-11-7-5-10;;/h4-8,12H,9H2,1-3H3;4-8H2,1-3H3;2*1H4. The van der Waals surface area contributed by atoms with E-state index in [1.165, 1.54) is 12.1 Å². The van der Waals surface area contributed by atoms with Crippen LogP contribution in [0.15, 0.2) is 30.3 Å². The molecule has 1 aliphatic rings. The maximum absolute atomic E-state index is 5.27. The summed E-state index contributed by atoms with van der Waals surface area (Å²) in [4.78, 5) is 2.48. The molecule has 2 rings (SSSR count). The third-order valence-corrected chi connectivity index (χ3v) is 3.47. The molecule has 0 aromatic heterocycles. The van der Waals surface area contributed by atoms with Crippen molar-refractivity contribution in [2.24, 2.45) is 5.41 Å². The van der Waals surface area contributed by atoms with Gasteiger partial charge in [0.25, 0.3) is 0 Å². The van der Waals surface area contributed by atoms with Crippen molar-refractivity contribution in [1.82, 2.24) is 10.2 Å². The summed E-state index contributed by atoms with van der Waals surface area (Å²) in [5.74, 6) is 0. The van der Waals surface area contributed by atoms with E-state index in [1.54, 1.807) is 0 Å². The van der Waals surface area contributed by atoms with Crippen LogP contribution < -0.4 is 5.32 Å². The smallest absolute Gasteiger partial charge is 0.0594 e. The third kappa shape index (κ3) is 15.1. The summed E-state index contributed by atoms with van der Waals surface area (Å²) in [5, 5.41) is 3.44. The number of hydrogen-bond donors (Lipinski definition) is 1. The Morgan fingerprint density at radius 2 is 1.44 bits per heavy atom. The Morgan fingerprint density at radius 1 is 0.920 bits per heavy atom. The summed E-state index contributed by atoms with van der Waals surface area (Å²) in [6.07, 6.45) is 0. The molecule has 25 heavy (non-hydrogen) atoms. The monoisotopic (exact) mass is 352 g/mol. The fraction of sp³-hybridized carbons (Fsp3) is 0.727. The van der Waals surface area contributed by atoms with Crippen molar-refractivity contribution in [3.05, 3.63) is 35.9 Å². The van der Waals surface area contributed by atoms with Gasteiger partial charge < -0.3 is 10.1 Å². The minimum atomic E-state index is 0. The zero-order valence-corrected chi connectivity index (χ0v) is 16.0. The molecule has 1 aliphatic heterocycles. The molecule has 0 aliphatic carbocycles. The Bertz CT molecular complexity index is 412. The number of hydrogen-bond acceptors (Lipinski definition) is 3. The van der Waals surface area contributed by atoms with Crippen molar-refractivity contribution >= 4 is 0 Å². The number of nitrogens with one attached hydrogen (secondary N) is 1. The maximum atomic E-state index is 5.27. The first-order valence-electron chi connectivity index (χ1n) is 8.75. The van der Waals surface area contributed by atoms with E-state index >= 15 is 0 Å². The Morgan fingerprint density at radius 3 is 1.88 bits per heavy atom. The van der Waals surface area contributed by atoms with Crippen LogP contribution in [0.5, 0.6) is 0 Å². The molecular weight excluding hydrogens is 308 g/mol. The fourth-order valence-electron chi connectivity index (χ4n) is 2.39. The molecule has 0 radical (unpaired) electrons. The van der Waals surface area contributed by atoms with Crippen LogP contribution in [0.4, 0.5) is 0 Å². The van der Waals surface area contributed by atoms with Crippen LogP contribution in [-0.4, -0.2) is 43.3 Å². The van der Waals surface area contributed by atoms with Gasteiger partial charge in [-0.1, -0.05) is 66.0 Å². The average Bonchev–Trinajstić information content (AvgIpc) is 2.46. The van der Waals surface area contributed by atoms with Crippen LogP contribution in [0.1, 0.15) is 62.0 Å². The molecule has 0 amide bonds. The molecule has 1 fully saturated rings. The number of nitrogens with zero attached hydrogens (tertiary/aromatic N) is 1. The van der Waals surface area contributed by atoms with Gasteiger partial charge in [0.1, 0.15) is 0 Å². The van der Waals surface area contributed by atoms with Crippen LogP contribution in [0.25, 0.3) is 0 Å². The van der Waals surface area contributed by atoms with Crippen LogP contribution in [-0.2, 0) is 11.3 Å². The summed E-state index contributed by atoms with van der Waals surface area (Å²) in [5.41, 5.74) is 1.97. The van der Waals surface area contributed by atoms with E-state index in [2.05, 4.69) is 76.0 Å². The molecule has 1 heterocycles. The summed E-state index contributed by atoms with van der Waals surface area (Å²) < 4.78 is 5.27. The van der Waals surface area contributed by atoms with E-state index in [9.17, 15) is 0 Å². The molecule has 0 bridgehead atoms. The summed E-state index contributed by atoms with van der Waals surface area (Å²) in [6.45, 7) is 19.6. The number of rotatable bonds is 3. The SMILES string of the molecule is C.C.CC(C)(C)CN1CCOCC1.CC(C)(C)NCc1ccccc1. The van der Waals surface area contributed by atoms with Gasteiger partial charge in [0.15, 0.2) is 0 Å². The Labute approximate surface area is 158 Å². The molecule has 0 unspecified atom stereocenters. The van der Waals surface area contributed by atoms with Gasteiger partial charge in [0, 0.05) is 31.7 Å². The second-order valence-corrected chi connectivity index (χ2v) is 8.54. The van der Waals surface area contributed by atoms with Gasteiger partial charge in [-0.15, -0.1) is 0 Å². The molecule has 3 nitrogen and oxygen atoms in total. The second-order valence-electron chi connectivity index (χ2n) is 8.54. The van der Waals surface area contributed by atoms with Gasteiger partial charge in [0.2, 0.25) is 0 Å². The minimum Gasteiger partial charge on any atom is -0.379 e. The van der Waals surface area contributed by atoms with E-state index in [0.717, 1.165) is 32.8 Å². The van der Waals surface area contributed by atoms with E-state index in [-0.39, 0.29) is 20.4 Å². The zero-order valence-electron chi connectivity index (χ0n) is 16.0. The topological polar surface area (TPSA) is 24.5 Å². The second kappa shape index (κ2) is 12.5. The number of morpholine rings is 1. The van der Waals surface area contributed by atoms with Gasteiger partial charge in [0.05, 0.1) is 13.2 Å². The highest BCUT2D eigenvalue weighted by Gasteiger charge is 2.17. The van der Waals surface area contributed by atoms with E-state index in [4.69, 9.17) is 4.74 Å². The molecule has 1 aromatic carbocycles.